The van der Waals surface area contributed by atoms with Crippen LogP contribution in [-0.2, 0) is 13.0 Å². The lowest BCUT2D eigenvalue weighted by molar-refractivity contribution is 0.0694. The zero-order valence-corrected chi connectivity index (χ0v) is 8.99. The van der Waals surface area contributed by atoms with E-state index < -0.39 is 5.97 Å². The summed E-state index contributed by atoms with van der Waals surface area (Å²) in [7, 11) is 0. The number of pyridine rings is 1. The Morgan fingerprint density at radius 1 is 1.40 bits per heavy atom. The lowest BCUT2D eigenvalue weighted by Crippen LogP contribution is -2.21. The number of carboxylic acid groups (broad SMARTS) is 1. The summed E-state index contributed by atoms with van der Waals surface area (Å²) in [5.41, 5.74) is 0.0936. The number of rotatable bonds is 4. The van der Waals surface area contributed by atoms with E-state index in [4.69, 9.17) is 5.11 Å². The van der Waals surface area contributed by atoms with Crippen molar-refractivity contribution >= 4 is 5.97 Å². The number of carboxylic acids is 1. The highest BCUT2D eigenvalue weighted by Crippen LogP contribution is 2.01. The van der Waals surface area contributed by atoms with Crippen LogP contribution in [0.1, 0.15) is 36.2 Å². The van der Waals surface area contributed by atoms with Gasteiger partial charge in [-0.25, -0.2) is 4.79 Å². The minimum absolute atomic E-state index is 0.136. The van der Waals surface area contributed by atoms with Crippen LogP contribution in [0.3, 0.4) is 0 Å². The van der Waals surface area contributed by atoms with E-state index in [2.05, 4.69) is 0 Å². The van der Waals surface area contributed by atoms with Gasteiger partial charge in [0.25, 0.3) is 0 Å². The average Bonchev–Trinajstić information content (AvgIpc) is 2.21. The van der Waals surface area contributed by atoms with Crippen molar-refractivity contribution in [3.05, 3.63) is 33.7 Å². The first-order chi connectivity index (χ1) is 7.10. The Kier molecular flexibility index (Phi) is 3.66. The topological polar surface area (TPSA) is 59.3 Å². The molecule has 0 aliphatic carbocycles. The summed E-state index contributed by atoms with van der Waals surface area (Å²) in [5, 5.41) is 8.86. The molecule has 1 aromatic heterocycles. The predicted molar refractivity (Wildman–Crippen MR) is 57.3 cm³/mol. The summed E-state index contributed by atoms with van der Waals surface area (Å²) in [4.78, 5) is 22.5. The Bertz CT molecular complexity index is 420. The van der Waals surface area contributed by atoms with E-state index in [1.165, 1.54) is 6.20 Å². The van der Waals surface area contributed by atoms with Gasteiger partial charge in [-0.3, -0.25) is 4.79 Å². The van der Waals surface area contributed by atoms with Crippen molar-refractivity contribution in [1.82, 2.24) is 4.57 Å². The maximum absolute atomic E-state index is 11.7. The van der Waals surface area contributed by atoms with Gasteiger partial charge in [-0.15, -0.1) is 0 Å². The molecule has 0 bridgehead atoms. The molecule has 0 aliphatic rings. The van der Waals surface area contributed by atoms with E-state index in [1.807, 2.05) is 13.8 Å². The summed E-state index contributed by atoms with van der Waals surface area (Å²) < 4.78 is 1.73. The van der Waals surface area contributed by atoms with Crippen LogP contribution < -0.4 is 5.43 Å². The Hall–Kier alpha value is -1.58. The molecule has 0 unspecified atom stereocenters. The molecule has 0 amide bonds. The molecule has 0 spiro atoms. The first-order valence-electron chi connectivity index (χ1n) is 5.06. The lowest BCUT2D eigenvalue weighted by Gasteiger charge is -2.07. The number of hydrogen-bond acceptors (Lipinski definition) is 2. The Morgan fingerprint density at radius 3 is 2.53 bits per heavy atom. The molecule has 0 radical (unpaired) electrons. The zero-order valence-electron chi connectivity index (χ0n) is 8.99. The number of carbonyl (C=O) groups is 1. The average molecular weight is 209 g/mol. The van der Waals surface area contributed by atoms with Gasteiger partial charge >= 0.3 is 5.97 Å². The molecule has 82 valence electrons. The molecule has 1 aromatic rings. The quantitative estimate of drug-likeness (QED) is 0.817. The van der Waals surface area contributed by atoms with Crippen LogP contribution in [0, 0.1) is 0 Å². The third-order valence-corrected chi connectivity index (χ3v) is 2.27. The van der Waals surface area contributed by atoms with Crippen LogP contribution in [0.5, 0.6) is 0 Å². The van der Waals surface area contributed by atoms with Crippen molar-refractivity contribution in [3.63, 3.8) is 0 Å². The molecule has 1 N–H and O–H groups in total. The van der Waals surface area contributed by atoms with Gasteiger partial charge in [-0.05, 0) is 13.3 Å². The van der Waals surface area contributed by atoms with Gasteiger partial charge in [0.15, 0.2) is 5.43 Å². The molecule has 1 heterocycles. The van der Waals surface area contributed by atoms with Gasteiger partial charge in [0, 0.05) is 24.5 Å². The first-order valence-corrected chi connectivity index (χ1v) is 5.06. The fraction of sp³-hybridized carbons (Fsp3) is 0.455. The van der Waals surface area contributed by atoms with Crippen LogP contribution in [0.4, 0.5) is 0 Å². The number of hydrogen-bond donors (Lipinski definition) is 1. The molecule has 15 heavy (non-hydrogen) atoms. The van der Waals surface area contributed by atoms with Gasteiger partial charge in [0.05, 0.1) is 0 Å². The highest BCUT2D eigenvalue weighted by molar-refractivity contribution is 5.87. The summed E-state index contributed by atoms with van der Waals surface area (Å²) in [6, 6.07) is 0. The minimum Gasteiger partial charge on any atom is -0.477 e. The maximum Gasteiger partial charge on any atom is 0.341 e. The van der Waals surface area contributed by atoms with E-state index in [1.54, 1.807) is 10.8 Å². The van der Waals surface area contributed by atoms with Gasteiger partial charge < -0.3 is 9.67 Å². The summed E-state index contributed by atoms with van der Waals surface area (Å²) >= 11 is 0. The maximum atomic E-state index is 11.7. The van der Waals surface area contributed by atoms with Crippen LogP contribution >= 0.6 is 0 Å². The molecule has 4 nitrogen and oxygen atoms in total. The SMILES string of the molecule is CCCc1cn(CC)cc(C(=O)O)c1=O. The van der Waals surface area contributed by atoms with E-state index in [-0.39, 0.29) is 11.0 Å². The highest BCUT2D eigenvalue weighted by Gasteiger charge is 2.12. The van der Waals surface area contributed by atoms with Crippen LogP contribution in [-0.4, -0.2) is 15.6 Å². The molecule has 0 saturated heterocycles. The van der Waals surface area contributed by atoms with E-state index in [0.717, 1.165) is 6.42 Å². The normalized spacial score (nSPS) is 10.3. The predicted octanol–water partition coefficient (Wildman–Crippen LogP) is 1.52. The zero-order chi connectivity index (χ0) is 11.4. The van der Waals surface area contributed by atoms with Crippen LogP contribution in [0.15, 0.2) is 17.2 Å². The molecule has 0 saturated carbocycles. The van der Waals surface area contributed by atoms with Crippen molar-refractivity contribution in [2.75, 3.05) is 0 Å². The van der Waals surface area contributed by atoms with Crippen molar-refractivity contribution in [2.24, 2.45) is 0 Å². The van der Waals surface area contributed by atoms with Crippen LogP contribution in [0.2, 0.25) is 0 Å². The van der Waals surface area contributed by atoms with E-state index in [9.17, 15) is 9.59 Å². The van der Waals surface area contributed by atoms with Gasteiger partial charge in [0.1, 0.15) is 5.56 Å². The summed E-state index contributed by atoms with van der Waals surface area (Å²) in [6.07, 6.45) is 4.59. The molecular formula is C11H15NO3. The Labute approximate surface area is 88.2 Å². The number of aryl methyl sites for hydroxylation is 2. The molecular weight excluding hydrogens is 194 g/mol. The minimum atomic E-state index is -1.15. The molecule has 0 fully saturated rings. The van der Waals surface area contributed by atoms with Crippen molar-refractivity contribution in [2.45, 2.75) is 33.2 Å². The summed E-state index contributed by atoms with van der Waals surface area (Å²) in [6.45, 7) is 4.53. The Balaban J connectivity index is 3.33. The third kappa shape index (κ3) is 2.46. The van der Waals surface area contributed by atoms with Crippen molar-refractivity contribution in [3.8, 4) is 0 Å². The Morgan fingerprint density at radius 2 is 2.07 bits per heavy atom. The van der Waals surface area contributed by atoms with Crippen molar-refractivity contribution in [1.29, 1.82) is 0 Å². The number of aromatic carboxylic acids is 1. The molecule has 0 atom stereocenters. The molecule has 0 aliphatic heterocycles. The molecule has 0 aromatic carbocycles. The second-order valence-corrected chi connectivity index (χ2v) is 3.41. The highest BCUT2D eigenvalue weighted by atomic mass is 16.4. The van der Waals surface area contributed by atoms with Gasteiger partial charge in [-0.1, -0.05) is 13.3 Å². The van der Waals surface area contributed by atoms with E-state index >= 15 is 0 Å². The molecule has 4 heteroatoms. The fourth-order valence-corrected chi connectivity index (χ4v) is 1.48. The van der Waals surface area contributed by atoms with Crippen LogP contribution in [0.25, 0.3) is 0 Å². The van der Waals surface area contributed by atoms with Gasteiger partial charge in [-0.2, -0.15) is 0 Å². The monoisotopic (exact) mass is 209 g/mol. The first kappa shape index (κ1) is 11.5. The third-order valence-electron chi connectivity index (χ3n) is 2.27. The standard InChI is InChI=1S/C11H15NO3/c1-3-5-8-6-12(4-2)7-9(10(8)13)11(14)15/h6-7H,3-5H2,1-2H3,(H,14,15). The second-order valence-electron chi connectivity index (χ2n) is 3.41. The smallest absolute Gasteiger partial charge is 0.341 e. The number of aromatic nitrogens is 1. The lowest BCUT2D eigenvalue weighted by atomic mass is 10.1. The largest absolute Gasteiger partial charge is 0.477 e. The summed E-state index contributed by atoms with van der Waals surface area (Å²) in [5.74, 6) is -1.15. The second kappa shape index (κ2) is 4.77. The molecule has 1 rings (SSSR count). The van der Waals surface area contributed by atoms with Crippen molar-refractivity contribution < 1.29 is 9.90 Å². The fourth-order valence-electron chi connectivity index (χ4n) is 1.48. The number of nitrogens with zero attached hydrogens (tertiary/aromatic N) is 1. The van der Waals surface area contributed by atoms with Gasteiger partial charge in [0.2, 0.25) is 0 Å². The van der Waals surface area contributed by atoms with E-state index in [0.29, 0.717) is 18.5 Å².